The van der Waals surface area contributed by atoms with Gasteiger partial charge in [-0.25, -0.2) is 9.18 Å². The van der Waals surface area contributed by atoms with Crippen molar-refractivity contribution in [3.63, 3.8) is 0 Å². The van der Waals surface area contributed by atoms with Crippen molar-refractivity contribution >= 4 is 17.4 Å². The van der Waals surface area contributed by atoms with Gasteiger partial charge in [-0.2, -0.15) is 0 Å². The van der Waals surface area contributed by atoms with Gasteiger partial charge in [-0.3, -0.25) is 4.90 Å². The lowest BCUT2D eigenvalue weighted by molar-refractivity contribution is 0.198. The van der Waals surface area contributed by atoms with Gasteiger partial charge in [-0.05, 0) is 49.9 Å². The number of hydrogen-bond donors (Lipinski definition) is 1. The first kappa shape index (κ1) is 21.4. The van der Waals surface area contributed by atoms with Gasteiger partial charge in [0.25, 0.3) is 0 Å². The smallest absolute Gasteiger partial charge is 0.324 e. The Morgan fingerprint density at radius 1 is 1.19 bits per heavy atom. The van der Waals surface area contributed by atoms with E-state index in [1.54, 1.807) is 18.0 Å². The summed E-state index contributed by atoms with van der Waals surface area (Å²) in [5.41, 5.74) is 2.48. The first-order valence-electron chi connectivity index (χ1n) is 10.9. The number of hydrogen-bond acceptors (Lipinski definition) is 4. The van der Waals surface area contributed by atoms with Crippen molar-refractivity contribution in [3.8, 4) is 5.75 Å². The van der Waals surface area contributed by atoms with E-state index < -0.39 is 0 Å². The summed E-state index contributed by atoms with van der Waals surface area (Å²) in [5, 5.41) is 9.73. The van der Waals surface area contributed by atoms with Crippen molar-refractivity contribution in [2.75, 3.05) is 36.5 Å². The molecule has 2 unspecified atom stereocenters. The molecule has 0 radical (unpaired) electrons. The number of β-amino-alcohol motifs (C(OH)–C–C–N with tert-alkyl or cyclic N) is 1. The quantitative estimate of drug-likeness (QED) is 0.783. The molecule has 0 aliphatic carbocycles. The number of ether oxygens (including phenoxy) is 1. The fourth-order valence-electron chi connectivity index (χ4n) is 4.29. The molecule has 2 heterocycles. The highest BCUT2D eigenvalue weighted by Gasteiger charge is 2.28. The minimum absolute atomic E-state index is 0.0216. The highest BCUT2D eigenvalue weighted by molar-refractivity contribution is 5.91. The molecule has 4 rings (SSSR count). The van der Waals surface area contributed by atoms with E-state index in [9.17, 15) is 14.3 Å². The van der Waals surface area contributed by atoms with E-state index in [1.165, 1.54) is 12.1 Å². The first-order chi connectivity index (χ1) is 14.9. The highest BCUT2D eigenvalue weighted by atomic mass is 19.1. The zero-order valence-electron chi connectivity index (χ0n) is 18.1. The highest BCUT2D eigenvalue weighted by Crippen LogP contribution is 2.27. The van der Waals surface area contributed by atoms with Gasteiger partial charge >= 0.3 is 6.03 Å². The lowest BCUT2D eigenvalue weighted by atomic mass is 10.2. The summed E-state index contributed by atoms with van der Waals surface area (Å²) in [6, 6.07) is 12.6. The summed E-state index contributed by atoms with van der Waals surface area (Å²) in [7, 11) is 1.79. The maximum atomic E-state index is 14.1. The molecule has 7 heteroatoms. The zero-order valence-corrected chi connectivity index (χ0v) is 18.1. The van der Waals surface area contributed by atoms with Crippen LogP contribution in [0.15, 0.2) is 42.5 Å². The monoisotopic (exact) mass is 427 g/mol. The average molecular weight is 428 g/mol. The van der Waals surface area contributed by atoms with Crippen LogP contribution in [0.1, 0.15) is 31.7 Å². The van der Waals surface area contributed by atoms with E-state index in [1.807, 2.05) is 34.1 Å². The first-order valence-corrected chi connectivity index (χ1v) is 10.9. The molecule has 2 saturated heterocycles. The normalized spacial score (nSPS) is 20.9. The largest absolute Gasteiger partial charge is 0.489 e. The number of carbonyl (C=O) groups is 1. The Hall–Kier alpha value is -2.80. The van der Waals surface area contributed by atoms with Crippen molar-refractivity contribution in [1.29, 1.82) is 0 Å². The number of anilines is 2. The Morgan fingerprint density at radius 3 is 2.61 bits per heavy atom. The number of amides is 2. The van der Waals surface area contributed by atoms with E-state index >= 15 is 0 Å². The standard InChI is InChI=1S/C24H30FN3O3/c1-17-4-3-10-28(17)24(30)26(2)20-7-5-18(6-8-20)16-31-23-13-19(25)12-21(14-23)27-11-9-22(29)15-27/h5-8,12-14,17,22,29H,3-4,9-11,15-16H2,1-2H3. The van der Waals surface area contributed by atoms with Crippen molar-refractivity contribution in [2.24, 2.45) is 0 Å². The maximum absolute atomic E-state index is 14.1. The maximum Gasteiger partial charge on any atom is 0.324 e. The predicted molar refractivity (Wildman–Crippen MR) is 119 cm³/mol. The fraction of sp³-hybridized carbons (Fsp3) is 0.458. The molecule has 2 aliphatic heterocycles. The van der Waals surface area contributed by atoms with Gasteiger partial charge in [0.1, 0.15) is 18.2 Å². The van der Waals surface area contributed by atoms with Crippen LogP contribution in [-0.2, 0) is 6.61 Å². The molecule has 2 fully saturated rings. The van der Waals surface area contributed by atoms with Gasteiger partial charge in [0.2, 0.25) is 0 Å². The number of rotatable bonds is 5. The Morgan fingerprint density at radius 2 is 1.97 bits per heavy atom. The number of aliphatic hydroxyl groups is 1. The number of urea groups is 1. The van der Waals surface area contributed by atoms with Crippen LogP contribution in [0, 0.1) is 5.82 Å². The second-order valence-corrected chi connectivity index (χ2v) is 8.52. The third-order valence-corrected chi connectivity index (χ3v) is 6.20. The van der Waals surface area contributed by atoms with Crippen LogP contribution in [0.2, 0.25) is 0 Å². The van der Waals surface area contributed by atoms with Crippen molar-refractivity contribution in [2.45, 2.75) is 44.9 Å². The van der Waals surface area contributed by atoms with E-state index in [4.69, 9.17) is 4.74 Å². The summed E-state index contributed by atoms with van der Waals surface area (Å²) in [6.07, 6.45) is 2.42. The summed E-state index contributed by atoms with van der Waals surface area (Å²) in [5.74, 6) is 0.0938. The van der Waals surface area contributed by atoms with E-state index in [-0.39, 0.29) is 24.0 Å². The van der Waals surface area contributed by atoms with E-state index in [0.717, 1.165) is 36.3 Å². The second kappa shape index (κ2) is 9.14. The van der Waals surface area contributed by atoms with Crippen LogP contribution in [0.3, 0.4) is 0 Å². The predicted octanol–water partition coefficient (Wildman–Crippen LogP) is 4.02. The Balaban J connectivity index is 1.37. The van der Waals surface area contributed by atoms with Crippen LogP contribution in [0.5, 0.6) is 5.75 Å². The Bertz CT molecular complexity index is 921. The summed E-state index contributed by atoms with van der Waals surface area (Å²) in [4.78, 5) is 18.3. The van der Waals surface area contributed by atoms with Crippen LogP contribution >= 0.6 is 0 Å². The van der Waals surface area contributed by atoms with Crippen molar-refractivity contribution in [1.82, 2.24) is 4.90 Å². The van der Waals surface area contributed by atoms with E-state index in [0.29, 0.717) is 31.9 Å². The molecule has 6 nitrogen and oxygen atoms in total. The summed E-state index contributed by atoms with van der Waals surface area (Å²) >= 11 is 0. The molecule has 2 aromatic rings. The van der Waals surface area contributed by atoms with Crippen molar-refractivity contribution < 1.29 is 19.0 Å². The Kier molecular flexibility index (Phi) is 6.32. The molecule has 0 aromatic heterocycles. The van der Waals surface area contributed by atoms with Gasteiger partial charge in [0.05, 0.1) is 6.10 Å². The minimum atomic E-state index is -0.371. The number of carbonyl (C=O) groups excluding carboxylic acids is 1. The van der Waals surface area contributed by atoms with Crippen LogP contribution < -0.4 is 14.5 Å². The number of nitrogens with zero attached hydrogens (tertiary/aromatic N) is 3. The summed E-state index contributed by atoms with van der Waals surface area (Å²) < 4.78 is 19.9. The molecule has 0 bridgehead atoms. The van der Waals surface area contributed by atoms with E-state index in [2.05, 4.69) is 6.92 Å². The Labute approximate surface area is 182 Å². The topological polar surface area (TPSA) is 56.2 Å². The molecule has 2 aromatic carbocycles. The molecule has 31 heavy (non-hydrogen) atoms. The fourth-order valence-corrected chi connectivity index (χ4v) is 4.29. The SMILES string of the molecule is CC1CCCN1C(=O)N(C)c1ccc(COc2cc(F)cc(N3CCC(O)C3)c2)cc1. The molecular weight excluding hydrogens is 397 g/mol. The molecule has 1 N–H and O–H groups in total. The van der Waals surface area contributed by atoms with Crippen LogP contribution in [0.25, 0.3) is 0 Å². The minimum Gasteiger partial charge on any atom is -0.489 e. The third kappa shape index (κ3) is 4.93. The molecule has 0 saturated carbocycles. The molecule has 166 valence electrons. The van der Waals surface area contributed by atoms with Crippen molar-refractivity contribution in [3.05, 3.63) is 53.8 Å². The zero-order chi connectivity index (χ0) is 22.0. The average Bonchev–Trinajstić information content (AvgIpc) is 3.39. The van der Waals surface area contributed by atoms with Gasteiger partial charge in [0.15, 0.2) is 0 Å². The van der Waals surface area contributed by atoms with Gasteiger partial charge < -0.3 is 19.6 Å². The number of likely N-dealkylation sites (tertiary alicyclic amines) is 1. The van der Waals surface area contributed by atoms with Gasteiger partial charge in [-0.1, -0.05) is 12.1 Å². The lowest BCUT2D eigenvalue weighted by Gasteiger charge is -2.28. The molecular formula is C24H30FN3O3. The van der Waals surface area contributed by atoms with Gasteiger partial charge in [0, 0.05) is 56.2 Å². The second-order valence-electron chi connectivity index (χ2n) is 8.52. The number of benzene rings is 2. The molecule has 2 aliphatic rings. The number of aliphatic hydroxyl groups excluding tert-OH is 1. The summed E-state index contributed by atoms with van der Waals surface area (Å²) in [6.45, 7) is 4.40. The molecule has 2 atom stereocenters. The molecule has 0 spiro atoms. The third-order valence-electron chi connectivity index (χ3n) is 6.20. The van der Waals surface area contributed by atoms with Crippen LogP contribution in [-0.4, -0.2) is 54.9 Å². The van der Waals surface area contributed by atoms with Gasteiger partial charge in [-0.15, -0.1) is 0 Å². The number of halogens is 1. The van der Waals surface area contributed by atoms with Crippen LogP contribution in [0.4, 0.5) is 20.6 Å². The molecule has 2 amide bonds. The lowest BCUT2D eigenvalue weighted by Crippen LogP contribution is -2.42.